The van der Waals surface area contributed by atoms with Crippen LogP contribution in [0.15, 0.2) is 115 Å². The molecule has 1 spiro atoms. The number of rotatable bonds is 3. The molecular formula is C38H33N. The summed E-state index contributed by atoms with van der Waals surface area (Å²) < 4.78 is 0. The van der Waals surface area contributed by atoms with E-state index in [1.165, 1.54) is 71.1 Å². The fourth-order valence-electron chi connectivity index (χ4n) is 9.62. The Morgan fingerprint density at radius 2 is 1.08 bits per heavy atom. The second-order valence-electron chi connectivity index (χ2n) is 12.7. The average Bonchev–Trinajstić information content (AvgIpc) is 3.27. The van der Waals surface area contributed by atoms with E-state index in [-0.39, 0.29) is 5.41 Å². The van der Waals surface area contributed by atoms with E-state index in [1.807, 2.05) is 0 Å². The van der Waals surface area contributed by atoms with Crippen LogP contribution in [0.3, 0.4) is 0 Å². The maximum absolute atomic E-state index is 2.60. The first-order valence-corrected chi connectivity index (χ1v) is 14.9. The summed E-state index contributed by atoms with van der Waals surface area (Å²) in [6.45, 7) is 0. The Morgan fingerprint density at radius 3 is 1.87 bits per heavy atom. The lowest BCUT2D eigenvalue weighted by Gasteiger charge is -2.61. The Balaban J connectivity index is 1.27. The second kappa shape index (κ2) is 8.09. The van der Waals surface area contributed by atoms with E-state index in [4.69, 9.17) is 0 Å². The molecular weight excluding hydrogens is 470 g/mol. The van der Waals surface area contributed by atoms with E-state index in [0.717, 1.165) is 23.7 Å². The van der Waals surface area contributed by atoms with Gasteiger partial charge in [0.1, 0.15) is 0 Å². The van der Waals surface area contributed by atoms with Crippen molar-refractivity contribution in [1.82, 2.24) is 0 Å². The topological polar surface area (TPSA) is 3.24 Å². The number of hydrogen-bond acceptors (Lipinski definition) is 1. The summed E-state index contributed by atoms with van der Waals surface area (Å²) in [7, 11) is 0. The van der Waals surface area contributed by atoms with Crippen LogP contribution in [0, 0.1) is 23.7 Å². The summed E-state index contributed by atoms with van der Waals surface area (Å²) in [5, 5.41) is 2.56. The van der Waals surface area contributed by atoms with Crippen LogP contribution >= 0.6 is 0 Å². The molecule has 1 heteroatoms. The third-order valence-electron chi connectivity index (χ3n) is 10.8. The molecule has 0 unspecified atom stereocenters. The van der Waals surface area contributed by atoms with Gasteiger partial charge in [-0.2, -0.15) is 0 Å². The standard InChI is InChI=1S/C38H33N/c1-2-10-31(11-3-1)39(32-15-14-27-8-4-5-9-28(27)23-32)33-16-17-35-34-12-6-7-13-36(34)38(37(35)24-33)29-19-25-18-26(21-29)22-30(38)20-25/h1-17,23-26,29-30H,18-22H2. The van der Waals surface area contributed by atoms with E-state index < -0.39 is 0 Å². The predicted molar refractivity (Wildman–Crippen MR) is 162 cm³/mol. The Kier molecular flexibility index (Phi) is 4.57. The molecule has 0 radical (unpaired) electrons. The van der Waals surface area contributed by atoms with Gasteiger partial charge in [-0.25, -0.2) is 0 Å². The monoisotopic (exact) mass is 503 g/mol. The molecule has 4 bridgehead atoms. The molecule has 0 N–H and O–H groups in total. The molecule has 0 amide bonds. The minimum absolute atomic E-state index is 0.182. The van der Waals surface area contributed by atoms with Gasteiger partial charge in [0.05, 0.1) is 0 Å². The summed E-state index contributed by atoms with van der Waals surface area (Å²) in [5.41, 5.74) is 10.1. The zero-order valence-electron chi connectivity index (χ0n) is 22.3. The molecule has 0 aliphatic heterocycles. The summed E-state index contributed by atoms with van der Waals surface area (Å²) in [5.74, 6) is 3.46. The van der Waals surface area contributed by atoms with Gasteiger partial charge >= 0.3 is 0 Å². The number of para-hydroxylation sites is 1. The van der Waals surface area contributed by atoms with Gasteiger partial charge in [-0.15, -0.1) is 0 Å². The molecule has 0 heterocycles. The van der Waals surface area contributed by atoms with Gasteiger partial charge in [-0.05, 0) is 125 Å². The van der Waals surface area contributed by atoms with E-state index in [9.17, 15) is 0 Å². The van der Waals surface area contributed by atoms with Gasteiger partial charge in [0.25, 0.3) is 0 Å². The third-order valence-corrected chi connectivity index (χ3v) is 10.8. The van der Waals surface area contributed by atoms with Crippen molar-refractivity contribution in [2.75, 3.05) is 4.90 Å². The molecule has 5 aliphatic carbocycles. The lowest BCUT2D eigenvalue weighted by atomic mass is 9.43. The van der Waals surface area contributed by atoms with E-state index >= 15 is 0 Å². The maximum Gasteiger partial charge on any atom is 0.0468 e. The van der Waals surface area contributed by atoms with Gasteiger partial charge in [-0.1, -0.05) is 78.9 Å². The molecule has 39 heavy (non-hydrogen) atoms. The number of benzene rings is 5. The van der Waals surface area contributed by atoms with Gasteiger partial charge < -0.3 is 4.90 Å². The molecule has 1 nitrogen and oxygen atoms in total. The lowest BCUT2D eigenvalue weighted by molar-refractivity contribution is -0.0399. The van der Waals surface area contributed by atoms with E-state index in [1.54, 1.807) is 11.1 Å². The Labute approximate surface area is 231 Å². The highest BCUT2D eigenvalue weighted by atomic mass is 15.1. The van der Waals surface area contributed by atoms with Crippen molar-refractivity contribution < 1.29 is 0 Å². The van der Waals surface area contributed by atoms with Crippen molar-refractivity contribution in [2.24, 2.45) is 23.7 Å². The fourth-order valence-corrected chi connectivity index (χ4v) is 9.62. The molecule has 0 saturated heterocycles. The summed E-state index contributed by atoms with van der Waals surface area (Å²) in [6, 6.07) is 43.4. The Morgan fingerprint density at radius 1 is 0.462 bits per heavy atom. The molecule has 10 rings (SSSR count). The molecule has 5 aromatic rings. The normalized spacial score (nSPS) is 27.6. The second-order valence-corrected chi connectivity index (χ2v) is 12.7. The minimum atomic E-state index is 0.182. The molecule has 5 aromatic carbocycles. The Bertz CT molecular complexity index is 1700. The van der Waals surface area contributed by atoms with E-state index in [2.05, 4.69) is 120 Å². The summed E-state index contributed by atoms with van der Waals surface area (Å²) in [6.07, 6.45) is 7.15. The van der Waals surface area contributed by atoms with Gasteiger partial charge in [0, 0.05) is 22.5 Å². The predicted octanol–water partition coefficient (Wildman–Crippen LogP) is 10.0. The molecule has 0 aromatic heterocycles. The molecule has 0 atom stereocenters. The van der Waals surface area contributed by atoms with Gasteiger partial charge in [0.2, 0.25) is 0 Å². The lowest BCUT2D eigenvalue weighted by Crippen LogP contribution is -2.55. The van der Waals surface area contributed by atoms with Crippen molar-refractivity contribution >= 4 is 27.8 Å². The fraction of sp³-hybridized carbons (Fsp3) is 0.263. The van der Waals surface area contributed by atoms with Gasteiger partial charge in [-0.3, -0.25) is 0 Å². The smallest absolute Gasteiger partial charge is 0.0468 e. The van der Waals surface area contributed by atoms with Crippen molar-refractivity contribution in [2.45, 2.75) is 37.5 Å². The highest BCUT2D eigenvalue weighted by molar-refractivity contribution is 5.91. The number of anilines is 3. The van der Waals surface area contributed by atoms with Crippen LogP contribution < -0.4 is 4.90 Å². The number of hydrogen-bond donors (Lipinski definition) is 0. The van der Waals surface area contributed by atoms with Crippen LogP contribution in [0.5, 0.6) is 0 Å². The SMILES string of the molecule is c1ccc(N(c2ccc3c(c2)C2(c4ccccc4-3)C3CC4CC(C3)CC2C4)c2ccc3ccccc3c2)cc1. The summed E-state index contributed by atoms with van der Waals surface area (Å²) >= 11 is 0. The number of nitrogens with zero attached hydrogens (tertiary/aromatic N) is 1. The highest BCUT2D eigenvalue weighted by Gasteiger charge is 2.61. The third kappa shape index (κ3) is 3.02. The minimum Gasteiger partial charge on any atom is -0.310 e. The first-order chi connectivity index (χ1) is 19.3. The zero-order valence-corrected chi connectivity index (χ0v) is 22.3. The average molecular weight is 504 g/mol. The first-order valence-electron chi connectivity index (χ1n) is 14.9. The van der Waals surface area contributed by atoms with Crippen molar-refractivity contribution in [3.8, 4) is 11.1 Å². The molecule has 4 saturated carbocycles. The van der Waals surface area contributed by atoms with Crippen LogP contribution in [-0.4, -0.2) is 0 Å². The quantitative estimate of drug-likeness (QED) is 0.237. The summed E-state index contributed by atoms with van der Waals surface area (Å²) in [4.78, 5) is 2.47. The van der Waals surface area contributed by atoms with Crippen LogP contribution in [0.2, 0.25) is 0 Å². The Hall–Kier alpha value is -3.84. The largest absolute Gasteiger partial charge is 0.310 e. The van der Waals surface area contributed by atoms with Crippen LogP contribution in [0.1, 0.15) is 43.2 Å². The molecule has 4 fully saturated rings. The highest BCUT2D eigenvalue weighted by Crippen LogP contribution is 2.69. The first kappa shape index (κ1) is 22.0. The van der Waals surface area contributed by atoms with Gasteiger partial charge in [0.15, 0.2) is 0 Å². The van der Waals surface area contributed by atoms with Crippen molar-refractivity contribution in [1.29, 1.82) is 0 Å². The van der Waals surface area contributed by atoms with E-state index in [0.29, 0.717) is 0 Å². The van der Waals surface area contributed by atoms with Crippen molar-refractivity contribution in [3.63, 3.8) is 0 Å². The molecule has 190 valence electrons. The maximum atomic E-state index is 2.60. The van der Waals surface area contributed by atoms with Crippen molar-refractivity contribution in [3.05, 3.63) is 126 Å². The zero-order chi connectivity index (χ0) is 25.6. The molecule has 5 aliphatic rings. The number of fused-ring (bicyclic) bond motifs is 4. The van der Waals surface area contributed by atoms with Crippen LogP contribution in [0.25, 0.3) is 21.9 Å². The van der Waals surface area contributed by atoms with Crippen LogP contribution in [0.4, 0.5) is 17.1 Å². The van der Waals surface area contributed by atoms with Crippen LogP contribution in [-0.2, 0) is 5.41 Å².